The van der Waals surface area contributed by atoms with Gasteiger partial charge in [0.15, 0.2) is 0 Å². The Hall–Kier alpha value is -0.530. The van der Waals surface area contributed by atoms with Crippen LogP contribution in [0.15, 0.2) is 0 Å². The first-order valence-corrected chi connectivity index (χ1v) is 9.04. The van der Waals surface area contributed by atoms with Crippen LogP contribution >= 0.6 is 0 Å². The molecular weight excluding hydrogens is 246 g/mol. The zero-order valence-corrected chi connectivity index (χ0v) is 12.7. The molecule has 5 aliphatic carbocycles. The molecule has 0 heterocycles. The lowest BCUT2D eigenvalue weighted by atomic mass is 9.61. The van der Waals surface area contributed by atoms with Crippen molar-refractivity contribution in [2.45, 2.75) is 83.1 Å². The average Bonchev–Trinajstić information content (AvgIpc) is 2.65. The van der Waals surface area contributed by atoms with Crippen LogP contribution in [-0.2, 0) is 4.79 Å². The average molecular weight is 275 g/mol. The van der Waals surface area contributed by atoms with E-state index < -0.39 is 0 Å². The van der Waals surface area contributed by atoms with Gasteiger partial charge in [0.25, 0.3) is 0 Å². The van der Waals surface area contributed by atoms with Crippen LogP contribution < -0.4 is 5.32 Å². The van der Waals surface area contributed by atoms with Crippen LogP contribution in [0, 0.1) is 23.2 Å². The van der Waals surface area contributed by atoms with Crippen molar-refractivity contribution >= 4 is 5.91 Å². The molecule has 0 aromatic rings. The third-order valence-corrected chi connectivity index (χ3v) is 6.81. The van der Waals surface area contributed by atoms with Crippen LogP contribution in [0.5, 0.6) is 0 Å². The van der Waals surface area contributed by atoms with Crippen LogP contribution in [0.2, 0.25) is 0 Å². The SMILES string of the molecule is O=C(NC1CCCCC1)C12CCC3C[C@H](C[C@H](C3)C1)C2. The third kappa shape index (κ3) is 2.29. The van der Waals surface area contributed by atoms with Crippen LogP contribution in [-0.4, -0.2) is 11.9 Å². The minimum atomic E-state index is 0.0380. The van der Waals surface area contributed by atoms with Gasteiger partial charge in [-0.05, 0) is 75.5 Å². The highest BCUT2D eigenvalue weighted by Gasteiger charge is 2.51. The minimum absolute atomic E-state index is 0.0380. The molecule has 1 amide bonds. The molecule has 5 aliphatic rings. The van der Waals surface area contributed by atoms with Gasteiger partial charge in [0.2, 0.25) is 5.91 Å². The zero-order chi connectivity index (χ0) is 13.6. The lowest BCUT2D eigenvalue weighted by molar-refractivity contribution is -0.136. The molecule has 4 bridgehead atoms. The molecule has 0 radical (unpaired) electrons. The summed E-state index contributed by atoms with van der Waals surface area (Å²) >= 11 is 0. The number of carbonyl (C=O) groups excluding carboxylic acids is 1. The number of amides is 1. The molecule has 5 fully saturated rings. The highest BCUT2D eigenvalue weighted by Crippen LogP contribution is 2.57. The maximum Gasteiger partial charge on any atom is 0.226 e. The lowest BCUT2D eigenvalue weighted by Gasteiger charge is -2.44. The smallest absolute Gasteiger partial charge is 0.226 e. The highest BCUT2D eigenvalue weighted by atomic mass is 16.2. The summed E-state index contributed by atoms with van der Waals surface area (Å²) in [4.78, 5) is 13.0. The normalized spacial score (nSPS) is 44.3. The summed E-state index contributed by atoms with van der Waals surface area (Å²) in [5.74, 6) is 3.13. The highest BCUT2D eigenvalue weighted by molar-refractivity contribution is 5.83. The van der Waals surface area contributed by atoms with E-state index in [0.717, 1.165) is 17.8 Å². The Balaban J connectivity index is 1.49. The quantitative estimate of drug-likeness (QED) is 0.809. The molecular formula is C18H29NO. The summed E-state index contributed by atoms with van der Waals surface area (Å²) in [5, 5.41) is 3.46. The molecule has 5 rings (SSSR count). The summed E-state index contributed by atoms with van der Waals surface area (Å²) in [6, 6.07) is 0.490. The first kappa shape index (κ1) is 13.2. The Morgan fingerprint density at radius 1 is 0.850 bits per heavy atom. The summed E-state index contributed by atoms with van der Waals surface area (Å²) in [5.41, 5.74) is 0.0380. The second-order valence-corrected chi connectivity index (χ2v) is 8.34. The van der Waals surface area contributed by atoms with E-state index in [1.54, 1.807) is 0 Å². The molecule has 0 aromatic carbocycles. The van der Waals surface area contributed by atoms with E-state index in [1.807, 2.05) is 0 Å². The molecule has 2 unspecified atom stereocenters. The standard InChI is InChI=1S/C18H29NO/c20-17(19-16-4-2-1-3-5-16)18-7-6-13-8-14(11-18)10-15(9-13)12-18/h13-16H,1-12H2,(H,19,20)/t13?,14-,15+,18?. The predicted octanol–water partition coefficient (Wildman–Crippen LogP) is 4.04. The molecule has 0 spiro atoms. The Bertz CT molecular complexity index is 371. The van der Waals surface area contributed by atoms with Gasteiger partial charge in [-0.3, -0.25) is 4.79 Å². The second-order valence-electron chi connectivity index (χ2n) is 8.34. The summed E-state index contributed by atoms with van der Waals surface area (Å²) in [6.07, 6.45) is 15.6. The predicted molar refractivity (Wildman–Crippen MR) is 80.2 cm³/mol. The van der Waals surface area contributed by atoms with Gasteiger partial charge in [0.1, 0.15) is 0 Å². The van der Waals surface area contributed by atoms with Crippen LogP contribution in [0.1, 0.15) is 77.0 Å². The van der Waals surface area contributed by atoms with Gasteiger partial charge in [-0.25, -0.2) is 0 Å². The number of rotatable bonds is 2. The number of carbonyl (C=O) groups is 1. The van der Waals surface area contributed by atoms with Crippen molar-refractivity contribution in [1.29, 1.82) is 0 Å². The number of hydrogen-bond acceptors (Lipinski definition) is 1. The fourth-order valence-electron chi connectivity index (χ4n) is 6.03. The van der Waals surface area contributed by atoms with Crippen molar-refractivity contribution in [2.24, 2.45) is 23.2 Å². The van der Waals surface area contributed by atoms with Crippen molar-refractivity contribution in [1.82, 2.24) is 5.32 Å². The van der Waals surface area contributed by atoms with Crippen LogP contribution in [0.3, 0.4) is 0 Å². The summed E-state index contributed by atoms with van der Waals surface area (Å²) in [7, 11) is 0. The monoisotopic (exact) mass is 275 g/mol. The first-order valence-electron chi connectivity index (χ1n) is 9.04. The molecule has 2 heteroatoms. The second kappa shape index (κ2) is 5.03. The summed E-state index contributed by atoms with van der Waals surface area (Å²) < 4.78 is 0. The van der Waals surface area contributed by atoms with Gasteiger partial charge in [-0.2, -0.15) is 0 Å². The van der Waals surface area contributed by atoms with Gasteiger partial charge in [0.05, 0.1) is 0 Å². The lowest BCUT2D eigenvalue weighted by Crippen LogP contribution is -2.49. The van der Waals surface area contributed by atoms with E-state index in [0.29, 0.717) is 11.9 Å². The van der Waals surface area contributed by atoms with Crippen molar-refractivity contribution in [3.8, 4) is 0 Å². The van der Waals surface area contributed by atoms with E-state index in [4.69, 9.17) is 0 Å². The van der Waals surface area contributed by atoms with Crippen LogP contribution in [0.4, 0.5) is 0 Å². The Morgan fingerprint density at radius 3 is 2.20 bits per heavy atom. The van der Waals surface area contributed by atoms with E-state index in [2.05, 4.69) is 5.32 Å². The van der Waals surface area contributed by atoms with Crippen LogP contribution in [0.25, 0.3) is 0 Å². The zero-order valence-electron chi connectivity index (χ0n) is 12.7. The van der Waals surface area contributed by atoms with E-state index in [1.165, 1.54) is 77.0 Å². The number of hydrogen-bond donors (Lipinski definition) is 1. The van der Waals surface area contributed by atoms with E-state index in [-0.39, 0.29) is 5.41 Å². The Kier molecular flexibility index (Phi) is 3.31. The summed E-state index contributed by atoms with van der Waals surface area (Å²) in [6.45, 7) is 0. The van der Waals surface area contributed by atoms with Gasteiger partial charge >= 0.3 is 0 Å². The fraction of sp³-hybridized carbons (Fsp3) is 0.944. The third-order valence-electron chi connectivity index (χ3n) is 6.81. The van der Waals surface area contributed by atoms with Gasteiger partial charge in [-0.15, -0.1) is 0 Å². The Labute approximate surface area is 123 Å². The largest absolute Gasteiger partial charge is 0.353 e. The molecule has 0 saturated heterocycles. The van der Waals surface area contributed by atoms with Crippen molar-refractivity contribution in [3.63, 3.8) is 0 Å². The van der Waals surface area contributed by atoms with Crippen molar-refractivity contribution in [2.75, 3.05) is 0 Å². The minimum Gasteiger partial charge on any atom is -0.353 e. The number of nitrogens with one attached hydrogen (secondary N) is 1. The van der Waals surface area contributed by atoms with E-state index >= 15 is 0 Å². The van der Waals surface area contributed by atoms with Crippen molar-refractivity contribution < 1.29 is 4.79 Å². The van der Waals surface area contributed by atoms with Gasteiger partial charge in [-0.1, -0.05) is 19.3 Å². The van der Waals surface area contributed by atoms with Gasteiger partial charge < -0.3 is 5.32 Å². The maximum absolute atomic E-state index is 13.0. The topological polar surface area (TPSA) is 29.1 Å². The molecule has 1 N–H and O–H groups in total. The molecule has 4 atom stereocenters. The molecule has 112 valence electrons. The maximum atomic E-state index is 13.0. The first-order chi connectivity index (χ1) is 9.73. The number of fused-ring (bicyclic) bond motifs is 1. The molecule has 20 heavy (non-hydrogen) atoms. The molecule has 0 aliphatic heterocycles. The fourth-order valence-corrected chi connectivity index (χ4v) is 6.03. The molecule has 0 aromatic heterocycles. The molecule has 5 saturated carbocycles. The van der Waals surface area contributed by atoms with Gasteiger partial charge in [0, 0.05) is 11.5 Å². The van der Waals surface area contributed by atoms with Crippen molar-refractivity contribution in [3.05, 3.63) is 0 Å². The molecule has 2 nitrogen and oxygen atoms in total. The van der Waals surface area contributed by atoms with E-state index in [9.17, 15) is 4.79 Å². The Morgan fingerprint density at radius 2 is 1.50 bits per heavy atom.